The van der Waals surface area contributed by atoms with E-state index < -0.39 is 0 Å². The predicted molar refractivity (Wildman–Crippen MR) is 105 cm³/mol. The van der Waals surface area contributed by atoms with Crippen LogP contribution in [-0.2, 0) is 7.05 Å². The fourth-order valence-corrected chi connectivity index (χ4v) is 3.49. The van der Waals surface area contributed by atoms with Crippen molar-refractivity contribution in [2.45, 2.75) is 13.8 Å². The molecule has 0 aliphatic carbocycles. The second kappa shape index (κ2) is 6.81. The van der Waals surface area contributed by atoms with Crippen LogP contribution in [0.3, 0.4) is 0 Å². The molecule has 3 aromatic heterocycles. The van der Waals surface area contributed by atoms with E-state index in [1.807, 2.05) is 42.8 Å². The van der Waals surface area contributed by atoms with Gasteiger partial charge < -0.3 is 4.57 Å². The van der Waals surface area contributed by atoms with E-state index in [1.165, 1.54) is 28.0 Å². The van der Waals surface area contributed by atoms with Gasteiger partial charge in [-0.15, -0.1) is 16.4 Å². The van der Waals surface area contributed by atoms with E-state index in [-0.39, 0.29) is 11.6 Å². The Morgan fingerprint density at radius 2 is 1.96 bits per heavy atom. The van der Waals surface area contributed by atoms with Gasteiger partial charge in [0.25, 0.3) is 5.91 Å². The molecule has 1 aromatic carbocycles. The first-order valence-corrected chi connectivity index (χ1v) is 9.29. The minimum Gasteiger partial charge on any atom is -0.351 e. The van der Waals surface area contributed by atoms with E-state index in [1.54, 1.807) is 0 Å². The second-order valence-electron chi connectivity index (χ2n) is 6.19. The van der Waals surface area contributed by atoms with Crippen molar-refractivity contribution in [3.63, 3.8) is 0 Å². The Morgan fingerprint density at radius 3 is 2.67 bits per heavy atom. The number of para-hydroxylation sites is 1. The van der Waals surface area contributed by atoms with Crippen LogP contribution < -0.4 is 5.32 Å². The Labute approximate surface area is 160 Å². The van der Waals surface area contributed by atoms with Crippen LogP contribution in [0.4, 0.5) is 5.13 Å². The lowest BCUT2D eigenvalue weighted by Gasteiger charge is -2.00. The number of anilines is 1. The highest BCUT2D eigenvalue weighted by Crippen LogP contribution is 2.29. The van der Waals surface area contributed by atoms with Gasteiger partial charge in [-0.2, -0.15) is 9.90 Å². The molecule has 136 valence electrons. The van der Waals surface area contributed by atoms with Crippen molar-refractivity contribution in [2.24, 2.45) is 7.05 Å². The van der Waals surface area contributed by atoms with Crippen LogP contribution in [0, 0.1) is 13.8 Å². The molecule has 0 spiro atoms. The van der Waals surface area contributed by atoms with Crippen LogP contribution in [0.15, 0.2) is 48.0 Å². The van der Waals surface area contributed by atoms with Gasteiger partial charge in [0.15, 0.2) is 10.8 Å². The first kappa shape index (κ1) is 17.2. The number of carbonyl (C=O) groups excluding carboxylic acids is 1. The lowest BCUT2D eigenvalue weighted by molar-refractivity contribution is 0.102. The molecule has 1 amide bonds. The van der Waals surface area contributed by atoms with Crippen molar-refractivity contribution in [1.82, 2.24) is 24.5 Å². The molecule has 0 fully saturated rings. The summed E-state index contributed by atoms with van der Waals surface area (Å²) in [6.45, 7) is 4.11. The third-order valence-corrected chi connectivity index (χ3v) is 5.25. The molecule has 0 saturated heterocycles. The molecule has 0 radical (unpaired) electrons. The van der Waals surface area contributed by atoms with Crippen LogP contribution in [0.5, 0.6) is 0 Å². The third-order valence-electron chi connectivity index (χ3n) is 4.49. The van der Waals surface area contributed by atoms with Gasteiger partial charge in [0.1, 0.15) is 0 Å². The Kier molecular flexibility index (Phi) is 4.33. The highest BCUT2D eigenvalue weighted by molar-refractivity contribution is 7.14. The zero-order chi connectivity index (χ0) is 19.0. The molecule has 7 nitrogen and oxygen atoms in total. The van der Waals surface area contributed by atoms with Gasteiger partial charge in [0.2, 0.25) is 0 Å². The summed E-state index contributed by atoms with van der Waals surface area (Å²) in [5.74, 6) is -0.334. The van der Waals surface area contributed by atoms with Crippen LogP contribution in [0.1, 0.15) is 21.9 Å². The monoisotopic (exact) mass is 378 g/mol. The summed E-state index contributed by atoms with van der Waals surface area (Å²) < 4.78 is 2.12. The maximum atomic E-state index is 12.5. The number of benzene rings is 1. The normalized spacial score (nSPS) is 10.9. The smallest absolute Gasteiger partial charge is 0.279 e. The van der Waals surface area contributed by atoms with Crippen LogP contribution in [-0.4, -0.2) is 30.5 Å². The van der Waals surface area contributed by atoms with Gasteiger partial charge in [-0.05, 0) is 32.0 Å². The average Bonchev–Trinajstić information content (AvgIpc) is 3.39. The number of rotatable bonds is 4. The standard InChI is InChI=1S/C19H18N6OS/c1-12-9-15(13(2)24(12)3)17-11-27-19(21-17)22-18(26)16-10-20-25(23-16)14-7-5-4-6-8-14/h4-11H,1-3H3,(H,21,22,26). The Morgan fingerprint density at radius 1 is 1.19 bits per heavy atom. The summed E-state index contributed by atoms with van der Waals surface area (Å²) >= 11 is 1.39. The maximum absolute atomic E-state index is 12.5. The van der Waals surface area contributed by atoms with Gasteiger partial charge in [-0.3, -0.25) is 10.1 Å². The lowest BCUT2D eigenvalue weighted by atomic mass is 10.2. The molecule has 0 aliphatic heterocycles. The number of hydrogen-bond acceptors (Lipinski definition) is 5. The van der Waals surface area contributed by atoms with Crippen molar-refractivity contribution in [2.75, 3.05) is 5.32 Å². The van der Waals surface area contributed by atoms with Crippen molar-refractivity contribution in [1.29, 1.82) is 0 Å². The molecular weight excluding hydrogens is 360 g/mol. The highest BCUT2D eigenvalue weighted by Gasteiger charge is 2.16. The summed E-state index contributed by atoms with van der Waals surface area (Å²) in [5, 5.41) is 13.7. The van der Waals surface area contributed by atoms with Crippen LogP contribution in [0.25, 0.3) is 16.9 Å². The van der Waals surface area contributed by atoms with Crippen LogP contribution >= 0.6 is 11.3 Å². The van der Waals surface area contributed by atoms with E-state index in [2.05, 4.69) is 45.0 Å². The molecule has 0 saturated carbocycles. The molecule has 27 heavy (non-hydrogen) atoms. The molecule has 4 aromatic rings. The van der Waals surface area contributed by atoms with Crippen molar-refractivity contribution in [3.05, 3.63) is 65.1 Å². The molecule has 0 aliphatic rings. The number of carbonyl (C=O) groups is 1. The number of nitrogens with one attached hydrogen (secondary N) is 1. The third kappa shape index (κ3) is 3.26. The SMILES string of the molecule is Cc1cc(-c2csc(NC(=O)c3cnn(-c4ccccc4)n3)n2)c(C)n1C. The van der Waals surface area contributed by atoms with E-state index in [0.717, 1.165) is 22.6 Å². The minimum atomic E-state index is -0.334. The van der Waals surface area contributed by atoms with Crippen molar-refractivity contribution >= 4 is 22.4 Å². The summed E-state index contributed by atoms with van der Waals surface area (Å²) in [6.07, 6.45) is 1.45. The molecule has 0 unspecified atom stereocenters. The number of aromatic nitrogens is 5. The topological polar surface area (TPSA) is 77.6 Å². The molecule has 0 atom stereocenters. The summed E-state index contributed by atoms with van der Waals surface area (Å²) in [5.41, 5.74) is 5.26. The zero-order valence-electron chi connectivity index (χ0n) is 15.2. The van der Waals surface area contributed by atoms with E-state index in [4.69, 9.17) is 0 Å². The number of hydrogen-bond donors (Lipinski definition) is 1. The average molecular weight is 378 g/mol. The molecule has 0 bridgehead atoms. The van der Waals surface area contributed by atoms with Crippen LogP contribution in [0.2, 0.25) is 0 Å². The van der Waals surface area contributed by atoms with Gasteiger partial charge in [-0.1, -0.05) is 18.2 Å². The maximum Gasteiger partial charge on any atom is 0.279 e. The number of nitrogens with zero attached hydrogens (tertiary/aromatic N) is 5. The first-order valence-electron chi connectivity index (χ1n) is 8.41. The van der Waals surface area contributed by atoms with Gasteiger partial charge in [0, 0.05) is 29.4 Å². The number of thiazole rings is 1. The number of amides is 1. The van der Waals surface area contributed by atoms with Gasteiger partial charge >= 0.3 is 0 Å². The summed E-state index contributed by atoms with van der Waals surface area (Å²) in [7, 11) is 2.03. The Balaban J connectivity index is 1.52. The molecular formula is C19H18N6OS. The summed E-state index contributed by atoms with van der Waals surface area (Å²) in [6, 6.07) is 11.5. The zero-order valence-corrected chi connectivity index (χ0v) is 16.0. The van der Waals surface area contributed by atoms with Gasteiger partial charge in [0.05, 0.1) is 17.6 Å². The highest BCUT2D eigenvalue weighted by atomic mass is 32.1. The fourth-order valence-electron chi connectivity index (χ4n) is 2.78. The quantitative estimate of drug-likeness (QED) is 0.589. The Hall–Kier alpha value is -3.26. The predicted octanol–water partition coefficient (Wildman–Crippen LogP) is 3.60. The second-order valence-corrected chi connectivity index (χ2v) is 7.05. The molecule has 4 rings (SSSR count). The molecule has 3 heterocycles. The first-order chi connectivity index (χ1) is 13.0. The number of aryl methyl sites for hydroxylation is 1. The van der Waals surface area contributed by atoms with Crippen molar-refractivity contribution < 1.29 is 4.79 Å². The molecule has 8 heteroatoms. The van der Waals surface area contributed by atoms with E-state index in [9.17, 15) is 4.79 Å². The Bertz CT molecular complexity index is 1110. The summed E-state index contributed by atoms with van der Waals surface area (Å²) in [4.78, 5) is 18.4. The minimum absolute atomic E-state index is 0.238. The van der Waals surface area contributed by atoms with E-state index in [0.29, 0.717) is 5.13 Å². The largest absolute Gasteiger partial charge is 0.351 e. The lowest BCUT2D eigenvalue weighted by Crippen LogP contribution is -2.13. The van der Waals surface area contributed by atoms with Gasteiger partial charge in [-0.25, -0.2) is 4.98 Å². The molecule has 1 N–H and O–H groups in total. The fraction of sp³-hybridized carbons (Fsp3) is 0.158. The van der Waals surface area contributed by atoms with Crippen molar-refractivity contribution in [3.8, 4) is 16.9 Å². The van der Waals surface area contributed by atoms with E-state index >= 15 is 0 Å².